The summed E-state index contributed by atoms with van der Waals surface area (Å²) in [5.41, 5.74) is 17.9. The normalized spacial score (nSPS) is 13.1. The second-order valence-electron chi connectivity index (χ2n) is 16.1. The van der Waals surface area contributed by atoms with Crippen LogP contribution in [-0.4, -0.2) is 19.5 Å². The van der Waals surface area contributed by atoms with Crippen molar-refractivity contribution < 1.29 is 0 Å². The molecule has 12 rings (SSSR count). The molecule has 0 N–H and O–H groups in total. The van der Waals surface area contributed by atoms with E-state index in [0.717, 1.165) is 55.8 Å². The standard InChI is InChI=1S/C54H36N4/c1-54(2)48-43-23-13-24-46(48)53-56-51(55-52(57-53)40-30-38(33-14-5-3-6-15-33)29-39(31-40)34-16-7-4-8-17-34)37-20-11-18-35(28-37)36-19-12-21-41(32-36)58-47-25-10-9-22-42(47)45-27-26-44(43)49(54)50(45)58/h3-32H,1-2H3. The average molecular weight is 741 g/mol. The minimum absolute atomic E-state index is 0.386. The molecule has 10 aromatic rings. The summed E-state index contributed by atoms with van der Waals surface area (Å²) in [5, 5.41) is 2.51. The van der Waals surface area contributed by atoms with Gasteiger partial charge in [0.05, 0.1) is 11.0 Å². The fraction of sp³-hybridized carbons (Fsp3) is 0.0556. The van der Waals surface area contributed by atoms with Gasteiger partial charge < -0.3 is 4.57 Å². The number of benzene rings is 8. The van der Waals surface area contributed by atoms with Gasteiger partial charge in [-0.1, -0.05) is 153 Å². The van der Waals surface area contributed by atoms with Gasteiger partial charge in [0.1, 0.15) is 0 Å². The van der Waals surface area contributed by atoms with Crippen LogP contribution in [0.5, 0.6) is 0 Å². The quantitative estimate of drug-likeness (QED) is 0.181. The molecule has 0 saturated carbocycles. The number of hydrogen-bond donors (Lipinski definition) is 0. The van der Waals surface area contributed by atoms with Crippen molar-refractivity contribution in [3.05, 3.63) is 193 Å². The van der Waals surface area contributed by atoms with E-state index in [2.05, 4.69) is 200 Å². The molecule has 0 spiro atoms. The Morgan fingerprint density at radius 2 is 0.897 bits per heavy atom. The molecule has 3 heterocycles. The molecule has 0 amide bonds. The fourth-order valence-corrected chi connectivity index (χ4v) is 9.71. The van der Waals surface area contributed by atoms with Crippen LogP contribution in [0.2, 0.25) is 0 Å². The minimum Gasteiger partial charge on any atom is -0.309 e. The first-order valence-corrected chi connectivity index (χ1v) is 19.9. The molecule has 8 aromatic carbocycles. The molecule has 8 bridgehead atoms. The molecule has 0 fully saturated rings. The van der Waals surface area contributed by atoms with E-state index >= 15 is 0 Å². The van der Waals surface area contributed by atoms with E-state index in [1.165, 1.54) is 44.1 Å². The third-order valence-corrected chi connectivity index (χ3v) is 12.3. The van der Waals surface area contributed by atoms with E-state index in [9.17, 15) is 0 Å². The Morgan fingerprint density at radius 3 is 1.66 bits per heavy atom. The van der Waals surface area contributed by atoms with Crippen LogP contribution in [0.4, 0.5) is 0 Å². The van der Waals surface area contributed by atoms with Gasteiger partial charge in [0.25, 0.3) is 0 Å². The number of para-hydroxylation sites is 1. The van der Waals surface area contributed by atoms with Gasteiger partial charge in [0, 0.05) is 38.6 Å². The summed E-state index contributed by atoms with van der Waals surface area (Å²) in [6.07, 6.45) is 0. The Bertz CT molecular complexity index is 3250. The largest absolute Gasteiger partial charge is 0.309 e. The maximum absolute atomic E-state index is 5.44. The molecule has 58 heavy (non-hydrogen) atoms. The summed E-state index contributed by atoms with van der Waals surface area (Å²) < 4.78 is 2.49. The van der Waals surface area contributed by atoms with Gasteiger partial charge in [-0.15, -0.1) is 0 Å². The lowest BCUT2D eigenvalue weighted by Gasteiger charge is -2.25. The van der Waals surface area contributed by atoms with Crippen LogP contribution >= 0.6 is 0 Å². The van der Waals surface area contributed by atoms with Gasteiger partial charge >= 0.3 is 0 Å². The summed E-state index contributed by atoms with van der Waals surface area (Å²) in [6.45, 7) is 4.75. The van der Waals surface area contributed by atoms with E-state index in [0.29, 0.717) is 17.5 Å². The topological polar surface area (TPSA) is 43.6 Å². The van der Waals surface area contributed by atoms with Crippen LogP contribution in [-0.2, 0) is 5.41 Å². The maximum Gasteiger partial charge on any atom is 0.164 e. The van der Waals surface area contributed by atoms with E-state index in [1.54, 1.807) is 0 Å². The molecule has 0 atom stereocenters. The predicted octanol–water partition coefficient (Wildman–Crippen LogP) is 13.6. The first kappa shape index (κ1) is 32.8. The van der Waals surface area contributed by atoms with E-state index in [-0.39, 0.29) is 5.41 Å². The number of hydrogen-bond acceptors (Lipinski definition) is 3. The highest BCUT2D eigenvalue weighted by Gasteiger charge is 2.41. The first-order chi connectivity index (χ1) is 28.5. The highest BCUT2D eigenvalue weighted by molar-refractivity contribution is 6.13. The third kappa shape index (κ3) is 4.85. The van der Waals surface area contributed by atoms with Crippen LogP contribution < -0.4 is 0 Å². The van der Waals surface area contributed by atoms with Crippen molar-refractivity contribution in [2.75, 3.05) is 0 Å². The van der Waals surface area contributed by atoms with Crippen molar-refractivity contribution in [2.45, 2.75) is 19.3 Å². The van der Waals surface area contributed by atoms with Gasteiger partial charge in [-0.05, 0) is 98.1 Å². The number of rotatable bonds is 3. The molecule has 4 heteroatoms. The Morgan fingerprint density at radius 1 is 0.362 bits per heavy atom. The molecule has 0 radical (unpaired) electrons. The maximum atomic E-state index is 5.44. The Labute approximate surface area is 336 Å². The van der Waals surface area contributed by atoms with Crippen LogP contribution in [0.25, 0.3) is 106 Å². The molecule has 0 saturated heterocycles. The van der Waals surface area contributed by atoms with Gasteiger partial charge in [0.2, 0.25) is 0 Å². The van der Waals surface area contributed by atoms with Crippen molar-refractivity contribution in [3.8, 4) is 84.4 Å². The average Bonchev–Trinajstić information content (AvgIpc) is 3.74. The van der Waals surface area contributed by atoms with Gasteiger partial charge in [-0.3, -0.25) is 0 Å². The van der Waals surface area contributed by atoms with E-state index < -0.39 is 0 Å². The van der Waals surface area contributed by atoms with Crippen LogP contribution in [0.15, 0.2) is 182 Å². The second kappa shape index (κ2) is 12.3. The fourth-order valence-electron chi connectivity index (χ4n) is 9.71. The highest BCUT2D eigenvalue weighted by atomic mass is 15.0. The Hall–Kier alpha value is -7.43. The van der Waals surface area contributed by atoms with Crippen molar-refractivity contribution in [1.29, 1.82) is 0 Å². The molecule has 0 unspecified atom stereocenters. The molecular formula is C54H36N4. The smallest absolute Gasteiger partial charge is 0.164 e. The SMILES string of the molecule is CC1(C)c2c3cccc2-c2ccc4c5ccccc5n(c4c21)-c1cccc(c1)-c1cccc(c1)-c1nc(-c2cc(-c4ccccc4)cc(-c4ccccc4)c2)nc-3n1. The van der Waals surface area contributed by atoms with Crippen molar-refractivity contribution in [3.63, 3.8) is 0 Å². The lowest BCUT2D eigenvalue weighted by atomic mass is 9.79. The zero-order valence-electron chi connectivity index (χ0n) is 32.1. The Kier molecular flexibility index (Phi) is 6.94. The first-order valence-electron chi connectivity index (χ1n) is 19.9. The van der Waals surface area contributed by atoms with Gasteiger partial charge in [-0.2, -0.15) is 0 Å². The molecular weight excluding hydrogens is 705 g/mol. The lowest BCUT2D eigenvalue weighted by Crippen LogP contribution is -2.18. The van der Waals surface area contributed by atoms with Crippen LogP contribution in [0, 0.1) is 0 Å². The van der Waals surface area contributed by atoms with Crippen molar-refractivity contribution in [2.24, 2.45) is 0 Å². The second-order valence-corrected chi connectivity index (χ2v) is 16.1. The zero-order valence-corrected chi connectivity index (χ0v) is 32.1. The van der Waals surface area contributed by atoms with Gasteiger partial charge in [-0.25, -0.2) is 15.0 Å². The van der Waals surface area contributed by atoms with Crippen LogP contribution in [0.1, 0.15) is 25.0 Å². The molecule has 1 aliphatic heterocycles. The van der Waals surface area contributed by atoms with Crippen molar-refractivity contribution in [1.82, 2.24) is 19.5 Å². The third-order valence-electron chi connectivity index (χ3n) is 12.3. The minimum atomic E-state index is -0.386. The summed E-state index contributed by atoms with van der Waals surface area (Å²) in [4.78, 5) is 16.1. The lowest BCUT2D eigenvalue weighted by molar-refractivity contribution is 0.664. The van der Waals surface area contributed by atoms with E-state index in [1.807, 2.05) is 0 Å². The zero-order chi connectivity index (χ0) is 38.5. The van der Waals surface area contributed by atoms with Crippen LogP contribution in [0.3, 0.4) is 0 Å². The number of nitrogens with zero attached hydrogens (tertiary/aromatic N) is 4. The molecule has 4 nitrogen and oxygen atoms in total. The van der Waals surface area contributed by atoms with E-state index in [4.69, 9.17) is 15.0 Å². The predicted molar refractivity (Wildman–Crippen MR) is 238 cm³/mol. The molecule has 2 aromatic heterocycles. The Balaban J connectivity index is 1.19. The van der Waals surface area contributed by atoms with Crippen molar-refractivity contribution >= 4 is 21.8 Å². The highest BCUT2D eigenvalue weighted by Crippen LogP contribution is 2.55. The summed E-state index contributed by atoms with van der Waals surface area (Å²) in [7, 11) is 0. The summed E-state index contributed by atoms with van der Waals surface area (Å²) in [5.74, 6) is 1.95. The number of aromatic nitrogens is 4. The number of fused-ring (bicyclic) bond motifs is 14. The summed E-state index contributed by atoms with van der Waals surface area (Å²) >= 11 is 0. The molecule has 2 aliphatic rings. The van der Waals surface area contributed by atoms with Gasteiger partial charge in [0.15, 0.2) is 17.5 Å². The molecule has 272 valence electrons. The summed E-state index contributed by atoms with van der Waals surface area (Å²) in [6, 6.07) is 65.5. The molecule has 1 aliphatic carbocycles. The monoisotopic (exact) mass is 740 g/mol.